The fourth-order valence-electron chi connectivity index (χ4n) is 3.75. The van der Waals surface area contributed by atoms with E-state index in [1.807, 2.05) is 16.2 Å². The lowest BCUT2D eigenvalue weighted by Gasteiger charge is -2.35. The summed E-state index contributed by atoms with van der Waals surface area (Å²) in [5, 5.41) is 6.06. The van der Waals surface area contributed by atoms with Gasteiger partial charge < -0.3 is 14.6 Å². The number of hydrogen-bond acceptors (Lipinski definition) is 4. The molecule has 1 amide bonds. The highest BCUT2D eigenvalue weighted by atomic mass is 32.1. The molecule has 5 heteroatoms. The monoisotopic (exact) mass is 330 g/mol. The van der Waals surface area contributed by atoms with Crippen LogP contribution in [0.2, 0.25) is 0 Å². The topological polar surface area (TPSA) is 45.5 Å². The van der Waals surface area contributed by atoms with E-state index in [-0.39, 0.29) is 5.91 Å². The molecular formula is C18H22N2O2S. The Balaban J connectivity index is 1.33. The number of piperidine rings is 1. The number of amides is 1. The molecular weight excluding hydrogens is 308 g/mol. The van der Waals surface area contributed by atoms with E-state index in [0.717, 1.165) is 25.9 Å². The van der Waals surface area contributed by atoms with Crippen molar-refractivity contribution in [3.8, 4) is 0 Å². The lowest BCUT2D eigenvalue weighted by molar-refractivity contribution is 0.0668. The number of aryl methyl sites for hydroxylation is 1. The van der Waals surface area contributed by atoms with Crippen LogP contribution in [0.4, 0.5) is 0 Å². The van der Waals surface area contributed by atoms with Gasteiger partial charge in [0, 0.05) is 30.1 Å². The van der Waals surface area contributed by atoms with E-state index in [1.54, 1.807) is 23.3 Å². The second kappa shape index (κ2) is 6.49. The van der Waals surface area contributed by atoms with Crippen molar-refractivity contribution in [2.24, 2.45) is 0 Å². The number of fused-ring (bicyclic) bond motifs is 1. The van der Waals surface area contributed by atoms with Crippen LogP contribution in [0.3, 0.4) is 0 Å². The highest BCUT2D eigenvalue weighted by Gasteiger charge is 2.28. The van der Waals surface area contributed by atoms with Crippen molar-refractivity contribution < 1.29 is 9.21 Å². The molecule has 2 aromatic heterocycles. The van der Waals surface area contributed by atoms with Gasteiger partial charge in [0.05, 0.1) is 6.26 Å². The van der Waals surface area contributed by atoms with E-state index in [0.29, 0.717) is 17.8 Å². The van der Waals surface area contributed by atoms with Gasteiger partial charge in [-0.1, -0.05) is 0 Å². The molecule has 2 aliphatic rings. The Morgan fingerprint density at radius 2 is 2.13 bits per heavy atom. The summed E-state index contributed by atoms with van der Waals surface area (Å²) >= 11 is 1.89. The summed E-state index contributed by atoms with van der Waals surface area (Å²) in [5.41, 5.74) is 1.51. The predicted octanol–water partition coefficient (Wildman–Crippen LogP) is 3.61. The fraction of sp³-hybridized carbons (Fsp3) is 0.500. The molecule has 0 radical (unpaired) electrons. The van der Waals surface area contributed by atoms with Crippen LogP contribution >= 0.6 is 11.3 Å². The van der Waals surface area contributed by atoms with Gasteiger partial charge in [-0.15, -0.1) is 11.3 Å². The third-order valence-corrected chi connectivity index (χ3v) is 6.00. The molecule has 23 heavy (non-hydrogen) atoms. The Kier molecular flexibility index (Phi) is 4.23. The number of likely N-dealkylation sites (tertiary alicyclic amines) is 1. The fourth-order valence-corrected chi connectivity index (χ4v) is 4.74. The van der Waals surface area contributed by atoms with E-state index in [1.165, 1.54) is 24.8 Å². The van der Waals surface area contributed by atoms with E-state index < -0.39 is 0 Å². The first-order valence-corrected chi connectivity index (χ1v) is 9.34. The standard InChI is InChI=1S/C18H22N2O2S/c21-18(16-4-2-11-22-16)20-9-6-13(7-10-20)19-15-3-1-5-17-14(15)8-12-23-17/h2,4,8,11-13,15,19H,1,3,5-7,9-10H2/t15-/m1/s1. The van der Waals surface area contributed by atoms with Crippen molar-refractivity contribution in [1.82, 2.24) is 10.2 Å². The van der Waals surface area contributed by atoms with Crippen molar-refractivity contribution in [2.75, 3.05) is 13.1 Å². The first-order chi connectivity index (χ1) is 11.3. The third-order valence-electron chi connectivity index (χ3n) is 5.00. The molecule has 1 aliphatic carbocycles. The molecule has 0 spiro atoms. The van der Waals surface area contributed by atoms with Crippen molar-refractivity contribution in [1.29, 1.82) is 0 Å². The van der Waals surface area contributed by atoms with E-state index in [4.69, 9.17) is 4.42 Å². The molecule has 2 aromatic rings. The first-order valence-electron chi connectivity index (χ1n) is 8.46. The summed E-state index contributed by atoms with van der Waals surface area (Å²) in [4.78, 5) is 15.8. The number of nitrogens with zero attached hydrogens (tertiary/aromatic N) is 1. The Morgan fingerprint density at radius 1 is 1.26 bits per heavy atom. The molecule has 0 aromatic carbocycles. The number of furan rings is 1. The second-order valence-electron chi connectivity index (χ2n) is 6.45. The molecule has 4 nitrogen and oxygen atoms in total. The van der Waals surface area contributed by atoms with E-state index in [9.17, 15) is 4.79 Å². The minimum atomic E-state index is 0.0197. The van der Waals surface area contributed by atoms with Crippen LogP contribution in [-0.2, 0) is 6.42 Å². The minimum Gasteiger partial charge on any atom is -0.459 e. The summed E-state index contributed by atoms with van der Waals surface area (Å²) in [6, 6.07) is 6.80. The number of hydrogen-bond donors (Lipinski definition) is 1. The molecule has 4 rings (SSSR count). The van der Waals surface area contributed by atoms with Crippen LogP contribution in [0.1, 0.15) is 52.7 Å². The van der Waals surface area contributed by atoms with Crippen LogP contribution in [0.15, 0.2) is 34.3 Å². The maximum atomic E-state index is 12.3. The molecule has 0 unspecified atom stereocenters. The van der Waals surface area contributed by atoms with Crippen molar-refractivity contribution in [2.45, 2.75) is 44.2 Å². The summed E-state index contributed by atoms with van der Waals surface area (Å²) in [7, 11) is 0. The highest BCUT2D eigenvalue weighted by molar-refractivity contribution is 7.10. The Morgan fingerprint density at radius 3 is 2.91 bits per heavy atom. The maximum Gasteiger partial charge on any atom is 0.289 e. The van der Waals surface area contributed by atoms with Gasteiger partial charge in [0.15, 0.2) is 5.76 Å². The first kappa shape index (κ1) is 15.0. The van der Waals surface area contributed by atoms with E-state index in [2.05, 4.69) is 16.8 Å². The van der Waals surface area contributed by atoms with Crippen LogP contribution in [0, 0.1) is 0 Å². The van der Waals surface area contributed by atoms with Crippen LogP contribution < -0.4 is 5.32 Å². The number of carbonyl (C=O) groups is 1. The lowest BCUT2D eigenvalue weighted by Crippen LogP contribution is -2.46. The van der Waals surface area contributed by atoms with Gasteiger partial charge >= 0.3 is 0 Å². The zero-order chi connectivity index (χ0) is 15.6. The molecule has 3 heterocycles. The quantitative estimate of drug-likeness (QED) is 0.935. The minimum absolute atomic E-state index is 0.0197. The van der Waals surface area contributed by atoms with Crippen molar-refractivity contribution >= 4 is 17.2 Å². The molecule has 0 bridgehead atoms. The molecule has 0 saturated carbocycles. The van der Waals surface area contributed by atoms with Crippen LogP contribution in [0.5, 0.6) is 0 Å². The number of rotatable bonds is 3. The third kappa shape index (κ3) is 3.08. The summed E-state index contributed by atoms with van der Waals surface area (Å²) < 4.78 is 5.22. The summed E-state index contributed by atoms with van der Waals surface area (Å²) in [6.45, 7) is 1.61. The number of nitrogens with one attached hydrogen (secondary N) is 1. The molecule has 1 aliphatic heterocycles. The van der Waals surface area contributed by atoms with Crippen molar-refractivity contribution in [3.05, 3.63) is 46.0 Å². The molecule has 1 fully saturated rings. The average Bonchev–Trinajstić information content (AvgIpc) is 3.27. The van der Waals surface area contributed by atoms with E-state index >= 15 is 0 Å². The van der Waals surface area contributed by atoms with Gasteiger partial charge in [-0.2, -0.15) is 0 Å². The zero-order valence-electron chi connectivity index (χ0n) is 13.2. The number of carbonyl (C=O) groups excluding carboxylic acids is 1. The molecule has 1 N–H and O–H groups in total. The Bertz CT molecular complexity index is 656. The van der Waals surface area contributed by atoms with Gasteiger partial charge in [0.2, 0.25) is 0 Å². The lowest BCUT2D eigenvalue weighted by atomic mass is 9.92. The van der Waals surface area contributed by atoms with Gasteiger partial charge in [-0.3, -0.25) is 4.79 Å². The average molecular weight is 330 g/mol. The molecule has 122 valence electrons. The number of thiophene rings is 1. The van der Waals surface area contributed by atoms with Crippen molar-refractivity contribution in [3.63, 3.8) is 0 Å². The van der Waals surface area contributed by atoms with Gasteiger partial charge in [-0.25, -0.2) is 0 Å². The van der Waals surface area contributed by atoms with Gasteiger partial charge in [0.25, 0.3) is 5.91 Å². The van der Waals surface area contributed by atoms with Crippen LogP contribution in [0.25, 0.3) is 0 Å². The second-order valence-corrected chi connectivity index (χ2v) is 7.46. The molecule has 1 saturated heterocycles. The van der Waals surface area contributed by atoms with Gasteiger partial charge in [0.1, 0.15) is 0 Å². The maximum absolute atomic E-state index is 12.3. The van der Waals surface area contributed by atoms with Crippen LogP contribution in [-0.4, -0.2) is 29.9 Å². The molecule has 1 atom stereocenters. The largest absolute Gasteiger partial charge is 0.459 e. The smallest absolute Gasteiger partial charge is 0.289 e. The zero-order valence-corrected chi connectivity index (χ0v) is 14.0. The highest BCUT2D eigenvalue weighted by Crippen LogP contribution is 2.34. The predicted molar refractivity (Wildman–Crippen MR) is 90.8 cm³/mol. The SMILES string of the molecule is O=C(c1ccco1)N1CCC(N[C@@H]2CCCc3sccc32)CC1. The Hall–Kier alpha value is -1.59. The summed E-state index contributed by atoms with van der Waals surface area (Å²) in [5.74, 6) is 0.470. The van der Waals surface area contributed by atoms with Gasteiger partial charge in [-0.05, 0) is 61.2 Å². The normalized spacial score (nSPS) is 22.1. The Labute approximate surface area is 140 Å². The summed E-state index contributed by atoms with van der Waals surface area (Å²) in [6.07, 6.45) is 7.34.